The summed E-state index contributed by atoms with van der Waals surface area (Å²) in [4.78, 5) is 11.3. The number of halogens is 1. The molecule has 0 aliphatic rings. The van der Waals surface area contributed by atoms with Crippen LogP contribution in [0.15, 0.2) is 24.3 Å². The van der Waals surface area contributed by atoms with Crippen LogP contribution in [0.2, 0.25) is 0 Å². The zero-order valence-corrected chi connectivity index (χ0v) is 9.66. The molecule has 0 fully saturated rings. The van der Waals surface area contributed by atoms with E-state index in [-0.39, 0.29) is 11.7 Å². The van der Waals surface area contributed by atoms with Crippen LogP contribution in [0.5, 0.6) is 0 Å². The van der Waals surface area contributed by atoms with Crippen molar-refractivity contribution in [2.24, 2.45) is 0 Å². The van der Waals surface area contributed by atoms with E-state index in [2.05, 4.69) is 5.43 Å². The van der Waals surface area contributed by atoms with Crippen molar-refractivity contribution in [3.8, 4) is 0 Å². The number of carbonyl (C=O) groups excluding carboxylic acids is 1. The quantitative estimate of drug-likeness (QED) is 0.773. The first kappa shape index (κ1) is 12.6. The summed E-state index contributed by atoms with van der Waals surface area (Å²) >= 11 is 0. The summed E-state index contributed by atoms with van der Waals surface area (Å²) in [6, 6.07) is 6.66. The van der Waals surface area contributed by atoms with E-state index in [1.165, 1.54) is 6.07 Å². The topological polar surface area (TPSA) is 32.3 Å². The number of nitrogens with one attached hydrogen (secondary N) is 1. The van der Waals surface area contributed by atoms with Crippen LogP contribution in [-0.2, 0) is 11.2 Å². The number of hydrazine groups is 1. The SMILES string of the molecule is CN(C)NC(=O)CCCc1ccccc1F. The minimum absolute atomic E-state index is 0.0404. The number of carbonyl (C=O) groups is 1. The van der Waals surface area contributed by atoms with Crippen LogP contribution in [0, 0.1) is 5.82 Å². The highest BCUT2D eigenvalue weighted by molar-refractivity contribution is 5.75. The van der Waals surface area contributed by atoms with Crippen LogP contribution in [0.25, 0.3) is 0 Å². The molecule has 1 amide bonds. The Labute approximate surface area is 95.2 Å². The van der Waals surface area contributed by atoms with Gasteiger partial charge in [0.15, 0.2) is 0 Å². The minimum atomic E-state index is -0.199. The number of hydrogen-bond acceptors (Lipinski definition) is 2. The number of rotatable bonds is 5. The Morgan fingerprint density at radius 2 is 2.06 bits per heavy atom. The predicted octanol–water partition coefficient (Wildman–Crippen LogP) is 1.74. The van der Waals surface area contributed by atoms with Crippen molar-refractivity contribution in [2.75, 3.05) is 14.1 Å². The lowest BCUT2D eigenvalue weighted by atomic mass is 10.1. The molecule has 0 spiro atoms. The number of nitrogens with zero attached hydrogens (tertiary/aromatic N) is 1. The van der Waals surface area contributed by atoms with Crippen molar-refractivity contribution < 1.29 is 9.18 Å². The van der Waals surface area contributed by atoms with E-state index >= 15 is 0 Å². The van der Waals surface area contributed by atoms with E-state index in [9.17, 15) is 9.18 Å². The second kappa shape index (κ2) is 6.23. The fourth-order valence-corrected chi connectivity index (χ4v) is 1.45. The maximum atomic E-state index is 13.2. The highest BCUT2D eigenvalue weighted by Gasteiger charge is 2.04. The third-order valence-corrected chi connectivity index (χ3v) is 2.16. The number of amides is 1. The van der Waals surface area contributed by atoms with Gasteiger partial charge in [-0.2, -0.15) is 0 Å². The molecule has 1 aromatic rings. The van der Waals surface area contributed by atoms with Crippen LogP contribution in [-0.4, -0.2) is 25.0 Å². The van der Waals surface area contributed by atoms with Gasteiger partial charge in [0.05, 0.1) is 0 Å². The third kappa shape index (κ3) is 4.40. The Balaban J connectivity index is 2.31. The molecule has 16 heavy (non-hydrogen) atoms. The van der Waals surface area contributed by atoms with Gasteiger partial charge in [0.2, 0.25) is 5.91 Å². The van der Waals surface area contributed by atoms with Gasteiger partial charge >= 0.3 is 0 Å². The van der Waals surface area contributed by atoms with Gasteiger partial charge in [0.1, 0.15) is 5.82 Å². The summed E-state index contributed by atoms with van der Waals surface area (Å²) in [6.07, 6.45) is 1.65. The molecular weight excluding hydrogens is 207 g/mol. The van der Waals surface area contributed by atoms with Crippen molar-refractivity contribution in [3.05, 3.63) is 35.6 Å². The van der Waals surface area contributed by atoms with Crippen molar-refractivity contribution in [3.63, 3.8) is 0 Å². The highest BCUT2D eigenvalue weighted by atomic mass is 19.1. The molecule has 0 aliphatic heterocycles. The number of hydrogen-bond donors (Lipinski definition) is 1. The van der Waals surface area contributed by atoms with Crippen molar-refractivity contribution in [1.29, 1.82) is 0 Å². The van der Waals surface area contributed by atoms with Crippen LogP contribution < -0.4 is 5.43 Å². The summed E-state index contributed by atoms with van der Waals surface area (Å²) in [5.74, 6) is -0.239. The number of benzene rings is 1. The summed E-state index contributed by atoms with van der Waals surface area (Å²) in [7, 11) is 3.52. The van der Waals surface area contributed by atoms with Crippen LogP contribution in [0.4, 0.5) is 4.39 Å². The molecular formula is C12H17FN2O. The van der Waals surface area contributed by atoms with E-state index < -0.39 is 0 Å². The molecule has 0 aliphatic carbocycles. The monoisotopic (exact) mass is 224 g/mol. The summed E-state index contributed by atoms with van der Waals surface area (Å²) < 4.78 is 13.2. The first-order valence-electron chi connectivity index (χ1n) is 5.30. The van der Waals surface area contributed by atoms with Gasteiger partial charge in [-0.3, -0.25) is 10.2 Å². The second-order valence-electron chi connectivity index (χ2n) is 3.87. The molecule has 0 unspecified atom stereocenters. The first-order chi connectivity index (χ1) is 7.59. The van der Waals surface area contributed by atoms with E-state index in [1.807, 2.05) is 0 Å². The molecule has 88 valence electrons. The molecule has 1 aromatic carbocycles. The van der Waals surface area contributed by atoms with E-state index in [1.54, 1.807) is 37.3 Å². The molecule has 0 saturated carbocycles. The molecule has 0 saturated heterocycles. The minimum Gasteiger partial charge on any atom is -0.289 e. The predicted molar refractivity (Wildman–Crippen MR) is 61.2 cm³/mol. The van der Waals surface area contributed by atoms with Gasteiger partial charge in [0, 0.05) is 20.5 Å². The van der Waals surface area contributed by atoms with Crippen molar-refractivity contribution in [1.82, 2.24) is 10.4 Å². The summed E-state index contributed by atoms with van der Waals surface area (Å²) in [6.45, 7) is 0. The summed E-state index contributed by atoms with van der Waals surface area (Å²) in [5, 5.41) is 1.60. The standard InChI is InChI=1S/C12H17FN2O/c1-15(2)14-12(16)9-5-7-10-6-3-4-8-11(10)13/h3-4,6,8H,5,7,9H2,1-2H3,(H,14,16). The smallest absolute Gasteiger partial charge is 0.234 e. The van der Waals surface area contributed by atoms with Gasteiger partial charge in [-0.1, -0.05) is 18.2 Å². The Morgan fingerprint density at radius 1 is 1.38 bits per heavy atom. The maximum absolute atomic E-state index is 13.2. The molecule has 1 rings (SSSR count). The first-order valence-corrected chi connectivity index (χ1v) is 5.30. The second-order valence-corrected chi connectivity index (χ2v) is 3.87. The fraction of sp³-hybridized carbons (Fsp3) is 0.417. The number of aryl methyl sites for hydroxylation is 1. The van der Waals surface area contributed by atoms with Crippen molar-refractivity contribution in [2.45, 2.75) is 19.3 Å². The molecule has 4 heteroatoms. The maximum Gasteiger partial charge on any atom is 0.234 e. The zero-order valence-electron chi connectivity index (χ0n) is 9.66. The molecule has 1 N–H and O–H groups in total. The van der Waals surface area contributed by atoms with E-state index in [4.69, 9.17) is 0 Å². The molecule has 0 aromatic heterocycles. The highest BCUT2D eigenvalue weighted by Crippen LogP contribution is 2.09. The van der Waals surface area contributed by atoms with Gasteiger partial charge < -0.3 is 0 Å². The Kier molecular flexibility index (Phi) is 4.92. The molecule has 0 heterocycles. The lowest BCUT2D eigenvalue weighted by Crippen LogP contribution is -2.35. The molecule has 3 nitrogen and oxygen atoms in total. The van der Waals surface area contributed by atoms with Crippen LogP contribution in [0.1, 0.15) is 18.4 Å². The van der Waals surface area contributed by atoms with Gasteiger partial charge in [0.25, 0.3) is 0 Å². The van der Waals surface area contributed by atoms with Crippen LogP contribution in [0.3, 0.4) is 0 Å². The Bertz CT molecular complexity index is 353. The normalized spacial score (nSPS) is 10.5. The zero-order chi connectivity index (χ0) is 12.0. The van der Waals surface area contributed by atoms with Crippen LogP contribution >= 0.6 is 0 Å². The molecule has 0 bridgehead atoms. The lowest BCUT2D eigenvalue weighted by molar-refractivity contribution is -0.124. The summed E-state index contributed by atoms with van der Waals surface area (Å²) in [5.41, 5.74) is 3.31. The van der Waals surface area contributed by atoms with Gasteiger partial charge in [-0.15, -0.1) is 0 Å². The van der Waals surface area contributed by atoms with Crippen molar-refractivity contribution >= 4 is 5.91 Å². The fourth-order valence-electron chi connectivity index (χ4n) is 1.45. The van der Waals surface area contributed by atoms with E-state index in [0.717, 1.165) is 0 Å². The molecule has 0 atom stereocenters. The Hall–Kier alpha value is -1.42. The van der Waals surface area contributed by atoms with Gasteiger partial charge in [-0.05, 0) is 24.5 Å². The van der Waals surface area contributed by atoms with E-state index in [0.29, 0.717) is 24.8 Å². The molecule has 0 radical (unpaired) electrons. The average Bonchev–Trinajstić information content (AvgIpc) is 2.19. The largest absolute Gasteiger partial charge is 0.289 e. The average molecular weight is 224 g/mol. The Morgan fingerprint density at radius 3 is 2.69 bits per heavy atom. The van der Waals surface area contributed by atoms with Gasteiger partial charge in [-0.25, -0.2) is 9.40 Å². The lowest BCUT2D eigenvalue weighted by Gasteiger charge is -2.11. The third-order valence-electron chi connectivity index (χ3n) is 2.16.